The van der Waals surface area contributed by atoms with Crippen molar-refractivity contribution in [3.05, 3.63) is 50.1 Å². The van der Waals surface area contributed by atoms with Crippen LogP contribution in [-0.4, -0.2) is 5.78 Å². The molecule has 1 aromatic heterocycles. The van der Waals surface area contributed by atoms with E-state index in [1.807, 2.05) is 24.4 Å². The molecule has 4 heteroatoms. The van der Waals surface area contributed by atoms with Gasteiger partial charge in [0.1, 0.15) is 0 Å². The van der Waals surface area contributed by atoms with Gasteiger partial charge in [-0.3, -0.25) is 4.79 Å². The summed E-state index contributed by atoms with van der Waals surface area (Å²) in [6.45, 7) is 1.98. The van der Waals surface area contributed by atoms with E-state index in [9.17, 15) is 4.79 Å². The summed E-state index contributed by atoms with van der Waals surface area (Å²) in [7, 11) is 0. The van der Waals surface area contributed by atoms with Crippen LogP contribution in [0.1, 0.15) is 20.8 Å². The molecule has 1 aromatic carbocycles. The molecule has 0 saturated carbocycles. The van der Waals surface area contributed by atoms with Gasteiger partial charge >= 0.3 is 0 Å². The van der Waals surface area contributed by atoms with Crippen LogP contribution in [0.25, 0.3) is 0 Å². The average molecular weight is 296 g/mol. The molecule has 0 atom stereocenters. The SMILES string of the molecule is Cc1cc(C(=O)c2ccc(Br)cc2N)cs1. The first-order valence-corrected chi connectivity index (χ1v) is 6.40. The molecule has 0 radical (unpaired) electrons. The second kappa shape index (κ2) is 4.39. The predicted octanol–water partition coefficient (Wildman–Crippen LogP) is 3.63. The van der Waals surface area contributed by atoms with Gasteiger partial charge in [-0.2, -0.15) is 0 Å². The second-order valence-corrected chi connectivity index (χ2v) is 5.54. The van der Waals surface area contributed by atoms with E-state index in [0.717, 1.165) is 9.35 Å². The number of hydrogen-bond donors (Lipinski definition) is 1. The van der Waals surface area contributed by atoms with Gasteiger partial charge in [0, 0.05) is 31.5 Å². The minimum absolute atomic E-state index is 0.0191. The molecule has 0 amide bonds. The molecule has 2 rings (SSSR count). The third-order valence-electron chi connectivity index (χ3n) is 2.25. The van der Waals surface area contributed by atoms with Gasteiger partial charge in [0.25, 0.3) is 0 Å². The van der Waals surface area contributed by atoms with Crippen molar-refractivity contribution >= 4 is 38.7 Å². The van der Waals surface area contributed by atoms with Crippen molar-refractivity contribution in [3.8, 4) is 0 Å². The summed E-state index contributed by atoms with van der Waals surface area (Å²) < 4.78 is 0.878. The minimum Gasteiger partial charge on any atom is -0.398 e. The zero-order valence-electron chi connectivity index (χ0n) is 8.66. The van der Waals surface area contributed by atoms with Crippen LogP contribution in [-0.2, 0) is 0 Å². The van der Waals surface area contributed by atoms with Crippen molar-refractivity contribution in [1.29, 1.82) is 0 Å². The van der Waals surface area contributed by atoms with Crippen molar-refractivity contribution in [2.24, 2.45) is 0 Å². The monoisotopic (exact) mass is 295 g/mol. The Bertz CT molecular complexity index is 548. The van der Waals surface area contributed by atoms with Gasteiger partial charge in [0.15, 0.2) is 5.78 Å². The molecule has 2 aromatic rings. The first-order valence-electron chi connectivity index (χ1n) is 4.73. The quantitative estimate of drug-likeness (QED) is 0.679. The van der Waals surface area contributed by atoms with Crippen molar-refractivity contribution in [1.82, 2.24) is 0 Å². The molecular weight excluding hydrogens is 286 g/mol. The van der Waals surface area contributed by atoms with Gasteiger partial charge in [-0.05, 0) is 31.2 Å². The number of nitrogen functional groups attached to an aromatic ring is 1. The molecule has 16 heavy (non-hydrogen) atoms. The number of aryl methyl sites for hydroxylation is 1. The number of nitrogens with two attached hydrogens (primary N) is 1. The van der Waals surface area contributed by atoms with Crippen LogP contribution < -0.4 is 5.73 Å². The highest BCUT2D eigenvalue weighted by molar-refractivity contribution is 9.10. The number of ketones is 1. The third kappa shape index (κ3) is 2.18. The fourth-order valence-corrected chi connectivity index (χ4v) is 2.52. The molecule has 2 nitrogen and oxygen atoms in total. The van der Waals surface area contributed by atoms with E-state index in [-0.39, 0.29) is 5.78 Å². The Morgan fingerprint density at radius 3 is 2.69 bits per heavy atom. The minimum atomic E-state index is -0.0191. The highest BCUT2D eigenvalue weighted by Crippen LogP contribution is 2.23. The van der Waals surface area contributed by atoms with Crippen LogP contribution in [0.2, 0.25) is 0 Å². The van der Waals surface area contributed by atoms with Gasteiger partial charge in [-0.25, -0.2) is 0 Å². The summed E-state index contributed by atoms with van der Waals surface area (Å²) in [6.07, 6.45) is 0. The first kappa shape index (κ1) is 11.4. The number of rotatable bonds is 2. The number of thiophene rings is 1. The van der Waals surface area contributed by atoms with Crippen molar-refractivity contribution in [2.45, 2.75) is 6.92 Å². The van der Waals surface area contributed by atoms with Crippen LogP contribution in [0.4, 0.5) is 5.69 Å². The zero-order chi connectivity index (χ0) is 11.7. The van der Waals surface area contributed by atoms with Gasteiger partial charge in [-0.15, -0.1) is 11.3 Å². The van der Waals surface area contributed by atoms with Crippen LogP contribution in [0, 0.1) is 6.92 Å². The molecule has 0 aliphatic heterocycles. The number of hydrogen-bond acceptors (Lipinski definition) is 3. The normalized spacial score (nSPS) is 10.4. The molecular formula is C12H10BrNOS. The van der Waals surface area contributed by atoms with Crippen molar-refractivity contribution < 1.29 is 4.79 Å². The lowest BCUT2D eigenvalue weighted by Crippen LogP contribution is -2.04. The Balaban J connectivity index is 2.41. The number of anilines is 1. The maximum absolute atomic E-state index is 12.1. The number of benzene rings is 1. The summed E-state index contributed by atoms with van der Waals surface area (Å²) >= 11 is 4.88. The number of halogens is 1. The van der Waals surface area contributed by atoms with E-state index < -0.39 is 0 Å². The van der Waals surface area contributed by atoms with Gasteiger partial charge in [0.2, 0.25) is 0 Å². The Morgan fingerprint density at radius 2 is 2.12 bits per heavy atom. The number of carbonyl (C=O) groups is 1. The highest BCUT2D eigenvalue weighted by Gasteiger charge is 2.13. The topological polar surface area (TPSA) is 43.1 Å². The molecule has 0 unspecified atom stereocenters. The highest BCUT2D eigenvalue weighted by atomic mass is 79.9. The molecule has 0 saturated heterocycles. The third-order valence-corrected chi connectivity index (χ3v) is 3.61. The molecule has 82 valence electrons. The molecule has 0 aliphatic carbocycles. The average Bonchev–Trinajstić information content (AvgIpc) is 2.64. The molecule has 2 N–H and O–H groups in total. The summed E-state index contributed by atoms with van der Waals surface area (Å²) in [4.78, 5) is 13.2. The molecule has 0 aliphatic rings. The van der Waals surface area contributed by atoms with E-state index in [1.165, 1.54) is 0 Å². The summed E-state index contributed by atoms with van der Waals surface area (Å²) in [5.41, 5.74) is 7.58. The van der Waals surface area contributed by atoms with E-state index >= 15 is 0 Å². The van der Waals surface area contributed by atoms with Crippen LogP contribution in [0.5, 0.6) is 0 Å². The van der Waals surface area contributed by atoms with Crippen molar-refractivity contribution in [3.63, 3.8) is 0 Å². The Hall–Kier alpha value is -1.13. The van der Waals surface area contributed by atoms with Gasteiger partial charge in [-0.1, -0.05) is 15.9 Å². The Kier molecular flexibility index (Phi) is 3.12. The first-order chi connectivity index (χ1) is 7.58. The number of carbonyl (C=O) groups excluding carboxylic acids is 1. The largest absolute Gasteiger partial charge is 0.398 e. The van der Waals surface area contributed by atoms with Gasteiger partial charge < -0.3 is 5.73 Å². The summed E-state index contributed by atoms with van der Waals surface area (Å²) in [6, 6.07) is 7.19. The van der Waals surface area contributed by atoms with Crippen molar-refractivity contribution in [2.75, 3.05) is 5.73 Å². The van der Waals surface area contributed by atoms with Crippen LogP contribution in [0.3, 0.4) is 0 Å². The molecule has 1 heterocycles. The summed E-state index contributed by atoms with van der Waals surface area (Å²) in [5.74, 6) is -0.0191. The van der Waals surface area contributed by atoms with E-state index in [1.54, 1.807) is 23.5 Å². The molecule has 0 fully saturated rings. The standard InChI is InChI=1S/C12H10BrNOS/c1-7-4-8(6-16-7)12(15)10-3-2-9(13)5-11(10)14/h2-6H,14H2,1H3. The van der Waals surface area contributed by atoms with Crippen LogP contribution in [0.15, 0.2) is 34.1 Å². The fourth-order valence-electron chi connectivity index (χ4n) is 1.46. The molecule has 0 bridgehead atoms. The van der Waals surface area contributed by atoms with E-state index in [4.69, 9.17) is 5.73 Å². The maximum Gasteiger partial charge on any atom is 0.195 e. The van der Waals surface area contributed by atoms with Crippen LogP contribution >= 0.6 is 27.3 Å². The van der Waals surface area contributed by atoms with E-state index in [0.29, 0.717) is 16.8 Å². The maximum atomic E-state index is 12.1. The summed E-state index contributed by atoms with van der Waals surface area (Å²) in [5, 5.41) is 1.86. The Labute approximate surface area is 106 Å². The lowest BCUT2D eigenvalue weighted by Gasteiger charge is -2.03. The Morgan fingerprint density at radius 1 is 1.38 bits per heavy atom. The fraction of sp³-hybridized carbons (Fsp3) is 0.0833. The van der Waals surface area contributed by atoms with Gasteiger partial charge in [0.05, 0.1) is 0 Å². The lowest BCUT2D eigenvalue weighted by atomic mass is 10.0. The van der Waals surface area contributed by atoms with E-state index in [2.05, 4.69) is 15.9 Å². The smallest absolute Gasteiger partial charge is 0.195 e. The molecule has 0 spiro atoms. The zero-order valence-corrected chi connectivity index (χ0v) is 11.1. The predicted molar refractivity (Wildman–Crippen MR) is 71.0 cm³/mol. The lowest BCUT2D eigenvalue weighted by molar-refractivity contribution is 0.104. The second-order valence-electron chi connectivity index (χ2n) is 3.51.